The number of hydrogen-bond acceptors (Lipinski definition) is 0. The van der Waals surface area contributed by atoms with Crippen LogP contribution in [0.4, 0.5) is 0 Å². The van der Waals surface area contributed by atoms with E-state index in [0.717, 1.165) is 0 Å². The maximum absolute atomic E-state index is 2.63. The van der Waals surface area contributed by atoms with Crippen molar-refractivity contribution in [3.8, 4) is 0 Å². The molecule has 0 heterocycles. The predicted molar refractivity (Wildman–Crippen MR) is 109 cm³/mol. The lowest BCUT2D eigenvalue weighted by Gasteiger charge is -2.43. The van der Waals surface area contributed by atoms with Crippen LogP contribution in [-0.2, 0) is 0 Å². The lowest BCUT2D eigenvalue weighted by atomic mass is 11.7. The van der Waals surface area contributed by atoms with Crippen molar-refractivity contribution < 1.29 is 0 Å². The summed E-state index contributed by atoms with van der Waals surface area (Å²) in [6.45, 7) is 23.7. The van der Waals surface area contributed by atoms with Crippen molar-refractivity contribution in [2.75, 3.05) is 0 Å². The fourth-order valence-electron chi connectivity index (χ4n) is 3.94. The largest absolute Gasteiger partial charge is 0.0698 e. The van der Waals surface area contributed by atoms with Crippen LogP contribution in [0.5, 0.6) is 0 Å². The monoisotopic (exact) mass is 350 g/mol. The van der Waals surface area contributed by atoms with Gasteiger partial charge in [-0.25, -0.2) is 0 Å². The van der Waals surface area contributed by atoms with E-state index in [2.05, 4.69) is 58.9 Å². The standard InChI is InChI=1S/C12H38Si6/c1-15(2,3)10-18(14-13,11-16(4,5)6)12-17(7,8)9/h10-12,14H2,1-9,13H3. The van der Waals surface area contributed by atoms with Crippen molar-refractivity contribution in [3.05, 3.63) is 0 Å². The van der Waals surface area contributed by atoms with E-state index in [4.69, 9.17) is 0 Å². The molecule has 0 spiro atoms. The van der Waals surface area contributed by atoms with Crippen LogP contribution in [0.3, 0.4) is 0 Å². The molecule has 0 atom stereocenters. The van der Waals surface area contributed by atoms with E-state index in [1.54, 1.807) is 26.8 Å². The van der Waals surface area contributed by atoms with E-state index in [-0.39, 0.29) is 0 Å². The minimum absolute atomic E-state index is 0.364. The van der Waals surface area contributed by atoms with Gasteiger partial charge in [0.25, 0.3) is 0 Å². The lowest BCUT2D eigenvalue weighted by Crippen LogP contribution is -2.56. The fraction of sp³-hybridized carbons (Fsp3) is 1.00. The van der Waals surface area contributed by atoms with Gasteiger partial charge in [0, 0.05) is 40.4 Å². The second-order valence-corrected chi connectivity index (χ2v) is 46.4. The summed E-state index contributed by atoms with van der Waals surface area (Å²) in [5.74, 6) is 0. The fourth-order valence-corrected chi connectivity index (χ4v) is 86.1. The SMILES string of the molecule is C[Si](C)(C)C[Si](C[Si](C)(C)C)(C[Si](C)(C)C)[SiH2][SiH3]. The van der Waals surface area contributed by atoms with Crippen LogP contribution in [-0.4, -0.2) is 50.1 Å². The Kier molecular flexibility index (Phi) is 6.84. The summed E-state index contributed by atoms with van der Waals surface area (Å²) in [6, 6.07) is 0. The highest BCUT2D eigenvalue weighted by molar-refractivity contribution is 7.45. The molecular formula is C12H38Si6. The molecule has 6 heteroatoms. The van der Waals surface area contributed by atoms with E-state index in [1.807, 2.05) is 0 Å². The molecule has 0 N–H and O–H groups in total. The van der Waals surface area contributed by atoms with Gasteiger partial charge in [-0.15, -0.1) is 0 Å². The Morgan fingerprint density at radius 1 is 0.611 bits per heavy atom. The van der Waals surface area contributed by atoms with Gasteiger partial charge in [-0.2, -0.15) is 0 Å². The molecule has 0 radical (unpaired) electrons. The quantitative estimate of drug-likeness (QED) is 0.619. The zero-order valence-electron chi connectivity index (χ0n) is 14.8. The van der Waals surface area contributed by atoms with Crippen molar-refractivity contribution in [2.24, 2.45) is 0 Å². The first-order chi connectivity index (χ1) is 7.68. The summed E-state index contributed by atoms with van der Waals surface area (Å²) in [7, 11) is -1.38. The van der Waals surface area contributed by atoms with Crippen LogP contribution in [0, 0.1) is 0 Å². The lowest BCUT2D eigenvalue weighted by molar-refractivity contribution is 1.44. The molecule has 0 saturated heterocycles. The first-order valence-electron chi connectivity index (χ1n) is 7.68. The molecule has 0 bridgehead atoms. The molecule has 110 valence electrons. The second kappa shape index (κ2) is 6.38. The molecular weight excluding hydrogens is 313 g/mol. The van der Waals surface area contributed by atoms with Crippen molar-refractivity contribution in [1.82, 2.24) is 0 Å². The molecule has 0 aliphatic carbocycles. The van der Waals surface area contributed by atoms with Gasteiger partial charge in [0.1, 0.15) is 0 Å². The van der Waals surface area contributed by atoms with E-state index in [0.29, 0.717) is 8.55 Å². The van der Waals surface area contributed by atoms with Gasteiger partial charge in [-0.3, -0.25) is 0 Å². The molecule has 0 aromatic heterocycles. The van der Waals surface area contributed by atoms with Crippen molar-refractivity contribution in [1.29, 1.82) is 0 Å². The minimum Gasteiger partial charge on any atom is -0.0698 e. The van der Waals surface area contributed by atoms with Gasteiger partial charge in [-0.1, -0.05) is 75.9 Å². The Labute approximate surface area is 126 Å². The summed E-state index contributed by atoms with van der Waals surface area (Å²) in [6.07, 6.45) is 0. The summed E-state index contributed by atoms with van der Waals surface area (Å²) in [5, 5.41) is 0. The highest BCUT2D eigenvalue weighted by Crippen LogP contribution is 2.33. The van der Waals surface area contributed by atoms with Crippen LogP contribution in [0.2, 0.25) is 75.9 Å². The molecule has 0 nitrogen and oxygen atoms in total. The summed E-state index contributed by atoms with van der Waals surface area (Å²) >= 11 is 0. The highest BCUT2D eigenvalue weighted by Gasteiger charge is 2.42. The Hall–Kier alpha value is 1.30. The minimum atomic E-state index is -0.850. The Bertz CT molecular complexity index is 214. The van der Waals surface area contributed by atoms with E-state index >= 15 is 0 Å². The van der Waals surface area contributed by atoms with Gasteiger partial charge >= 0.3 is 0 Å². The Morgan fingerprint density at radius 3 is 0.944 bits per heavy atom. The average molecular weight is 351 g/mol. The van der Waals surface area contributed by atoms with Gasteiger partial charge < -0.3 is 0 Å². The van der Waals surface area contributed by atoms with Crippen LogP contribution in [0.25, 0.3) is 0 Å². The third-order valence-corrected chi connectivity index (χ3v) is 51.4. The molecule has 0 rings (SSSR count). The smallest absolute Gasteiger partial charge is 0.0414 e. The maximum Gasteiger partial charge on any atom is 0.0414 e. The van der Waals surface area contributed by atoms with Gasteiger partial charge in [-0.05, 0) is 9.76 Å². The zero-order valence-corrected chi connectivity index (χ0v) is 22.2. The van der Waals surface area contributed by atoms with Gasteiger partial charge in [0.2, 0.25) is 0 Å². The summed E-state index contributed by atoms with van der Waals surface area (Å²) in [5.41, 5.74) is 5.35. The van der Waals surface area contributed by atoms with Crippen molar-refractivity contribution in [2.45, 2.75) is 75.9 Å². The second-order valence-electron chi connectivity index (χ2n) is 10.1. The molecule has 0 aliphatic heterocycles. The predicted octanol–water partition coefficient (Wildman–Crippen LogP) is 3.01. The molecule has 18 heavy (non-hydrogen) atoms. The molecule has 0 aromatic carbocycles. The highest BCUT2D eigenvalue weighted by atomic mass is 29.5. The normalized spacial score (nSPS) is 15.8. The molecule has 0 saturated carbocycles. The zero-order chi connectivity index (χ0) is 14.8. The van der Waals surface area contributed by atoms with Crippen LogP contribution in [0.1, 0.15) is 0 Å². The maximum atomic E-state index is 2.63. The molecule has 0 amide bonds. The van der Waals surface area contributed by atoms with Crippen LogP contribution >= 0.6 is 0 Å². The van der Waals surface area contributed by atoms with E-state index in [1.165, 1.54) is 0 Å². The molecule has 0 fully saturated rings. The average Bonchev–Trinajstić information content (AvgIpc) is 1.93. The molecule has 0 aliphatic rings. The first-order valence-corrected chi connectivity index (χ1v) is 29.4. The number of rotatable bonds is 7. The number of hydrogen-bond donors (Lipinski definition) is 0. The van der Waals surface area contributed by atoms with Crippen molar-refractivity contribution in [3.63, 3.8) is 0 Å². The van der Waals surface area contributed by atoms with Crippen molar-refractivity contribution >= 4 is 50.1 Å². The van der Waals surface area contributed by atoms with Gasteiger partial charge in [0.15, 0.2) is 0 Å². The van der Waals surface area contributed by atoms with Gasteiger partial charge in [0.05, 0.1) is 0 Å². The summed E-state index contributed by atoms with van der Waals surface area (Å²) in [4.78, 5) is 0. The Morgan fingerprint density at radius 2 is 0.833 bits per heavy atom. The van der Waals surface area contributed by atoms with Crippen LogP contribution in [0.15, 0.2) is 0 Å². The third-order valence-electron chi connectivity index (χ3n) is 3.47. The van der Waals surface area contributed by atoms with E-state index in [9.17, 15) is 0 Å². The molecule has 0 unspecified atom stereocenters. The van der Waals surface area contributed by atoms with Crippen LogP contribution < -0.4 is 0 Å². The topological polar surface area (TPSA) is 0 Å². The van der Waals surface area contributed by atoms with E-state index < -0.39 is 31.8 Å². The third kappa shape index (κ3) is 9.24. The molecule has 0 aromatic rings. The summed E-state index contributed by atoms with van der Waals surface area (Å²) < 4.78 is 0. The first kappa shape index (κ1) is 19.3. The Balaban J connectivity index is 5.20.